The Kier molecular flexibility index (Phi) is 5.27. The standard InChI is InChI=1S/C25H21ClF3N5O3/c26-21-16(27)2-4-18-20(21)24(23(37)34(18)11-19(35)33-12-25(28,29)13-33)5-7-32(8-6-24)22(36)14-1-3-17-15(9-14)10-30-31-17/h1-4,9-10H,5-8,11-13H2,(H,30,31). The van der Waals surface area contributed by atoms with Crippen LogP contribution in [0.15, 0.2) is 36.5 Å². The van der Waals surface area contributed by atoms with Crippen molar-refractivity contribution in [2.45, 2.75) is 24.2 Å². The zero-order chi connectivity index (χ0) is 26.1. The molecule has 3 aliphatic rings. The van der Waals surface area contributed by atoms with Crippen LogP contribution < -0.4 is 4.90 Å². The molecule has 3 aliphatic heterocycles. The van der Waals surface area contributed by atoms with Gasteiger partial charge in [0.15, 0.2) is 0 Å². The molecule has 1 aromatic heterocycles. The third-order valence-electron chi connectivity index (χ3n) is 7.58. The molecule has 3 aromatic rings. The monoisotopic (exact) mass is 531 g/mol. The van der Waals surface area contributed by atoms with E-state index in [2.05, 4.69) is 10.2 Å². The zero-order valence-corrected chi connectivity index (χ0v) is 20.2. The first-order valence-corrected chi connectivity index (χ1v) is 12.2. The van der Waals surface area contributed by atoms with E-state index in [9.17, 15) is 27.6 Å². The van der Waals surface area contributed by atoms with E-state index in [1.165, 1.54) is 11.0 Å². The van der Waals surface area contributed by atoms with E-state index in [-0.39, 0.29) is 42.4 Å². The lowest BCUT2D eigenvalue weighted by Gasteiger charge is -2.40. The first-order valence-electron chi connectivity index (χ1n) is 11.8. The minimum Gasteiger partial charge on any atom is -0.339 e. The number of aromatic nitrogens is 2. The van der Waals surface area contributed by atoms with Crippen LogP contribution in [0.4, 0.5) is 18.9 Å². The number of hydrogen-bond donors (Lipinski definition) is 1. The molecular formula is C25H21ClF3N5O3. The lowest BCUT2D eigenvalue weighted by molar-refractivity contribution is -0.164. The lowest BCUT2D eigenvalue weighted by atomic mass is 9.73. The van der Waals surface area contributed by atoms with E-state index >= 15 is 0 Å². The fourth-order valence-electron chi connectivity index (χ4n) is 5.59. The van der Waals surface area contributed by atoms with Gasteiger partial charge in [-0.15, -0.1) is 0 Å². The predicted molar refractivity (Wildman–Crippen MR) is 128 cm³/mol. The summed E-state index contributed by atoms with van der Waals surface area (Å²) in [6.07, 6.45) is 1.97. The van der Waals surface area contributed by atoms with Gasteiger partial charge in [0.25, 0.3) is 11.8 Å². The maximum Gasteiger partial charge on any atom is 0.282 e. The van der Waals surface area contributed by atoms with Gasteiger partial charge in [0, 0.05) is 29.6 Å². The highest BCUT2D eigenvalue weighted by Gasteiger charge is 2.55. The highest BCUT2D eigenvalue weighted by molar-refractivity contribution is 6.33. The highest BCUT2D eigenvalue weighted by Crippen LogP contribution is 2.51. The van der Waals surface area contributed by atoms with Gasteiger partial charge in [0.1, 0.15) is 12.4 Å². The van der Waals surface area contributed by atoms with Gasteiger partial charge in [0.2, 0.25) is 11.8 Å². The van der Waals surface area contributed by atoms with Crippen molar-refractivity contribution >= 4 is 45.9 Å². The molecule has 2 saturated heterocycles. The number of rotatable bonds is 3. The van der Waals surface area contributed by atoms with Crippen LogP contribution in [0.5, 0.6) is 0 Å². The number of piperidine rings is 1. The maximum atomic E-state index is 14.5. The molecule has 0 unspecified atom stereocenters. The highest BCUT2D eigenvalue weighted by atomic mass is 35.5. The van der Waals surface area contributed by atoms with E-state index in [4.69, 9.17) is 11.6 Å². The number of amides is 3. The van der Waals surface area contributed by atoms with E-state index in [0.717, 1.165) is 21.9 Å². The molecule has 2 aromatic carbocycles. The van der Waals surface area contributed by atoms with Gasteiger partial charge in [-0.05, 0) is 43.2 Å². The van der Waals surface area contributed by atoms with E-state index < -0.39 is 48.6 Å². The fraction of sp³-hybridized carbons (Fsp3) is 0.360. The first kappa shape index (κ1) is 23.8. The Balaban J connectivity index is 1.26. The number of benzene rings is 2. The molecule has 0 bridgehead atoms. The number of nitrogens with zero attached hydrogens (tertiary/aromatic N) is 4. The molecule has 8 nitrogen and oxygen atoms in total. The van der Waals surface area contributed by atoms with Crippen molar-refractivity contribution in [1.82, 2.24) is 20.0 Å². The molecule has 0 saturated carbocycles. The third-order valence-corrected chi connectivity index (χ3v) is 7.95. The second-order valence-electron chi connectivity index (χ2n) is 9.80. The summed E-state index contributed by atoms with van der Waals surface area (Å²) in [6.45, 7) is -1.42. The predicted octanol–water partition coefficient (Wildman–Crippen LogP) is 3.35. The summed E-state index contributed by atoms with van der Waals surface area (Å²) < 4.78 is 41.1. The average molecular weight is 532 g/mol. The van der Waals surface area contributed by atoms with Crippen LogP contribution in [0.2, 0.25) is 5.02 Å². The smallest absolute Gasteiger partial charge is 0.282 e. The van der Waals surface area contributed by atoms with Crippen molar-refractivity contribution in [3.8, 4) is 0 Å². The second kappa shape index (κ2) is 8.20. The normalized spacial score (nSPS) is 19.9. The maximum absolute atomic E-state index is 14.5. The number of carbonyl (C=O) groups is 3. The minimum absolute atomic E-state index is 0.175. The van der Waals surface area contributed by atoms with Crippen molar-refractivity contribution in [3.63, 3.8) is 0 Å². The topological polar surface area (TPSA) is 89.6 Å². The summed E-state index contributed by atoms with van der Waals surface area (Å²) in [4.78, 5) is 43.4. The van der Waals surface area contributed by atoms with E-state index in [1.54, 1.807) is 29.3 Å². The number of alkyl halides is 2. The number of halogens is 4. The summed E-state index contributed by atoms with van der Waals surface area (Å²) in [7, 11) is 0. The van der Waals surface area contributed by atoms with E-state index in [0.29, 0.717) is 11.3 Å². The Morgan fingerprint density at radius 2 is 1.81 bits per heavy atom. The molecule has 37 heavy (non-hydrogen) atoms. The number of likely N-dealkylation sites (tertiary alicyclic amines) is 2. The van der Waals surface area contributed by atoms with Gasteiger partial charge in [-0.25, -0.2) is 13.2 Å². The Morgan fingerprint density at radius 3 is 2.51 bits per heavy atom. The van der Waals surface area contributed by atoms with Crippen LogP contribution in [0, 0.1) is 5.82 Å². The summed E-state index contributed by atoms with van der Waals surface area (Å²) in [5.74, 6) is -4.90. The minimum atomic E-state index is -2.93. The Bertz CT molecular complexity index is 1460. The van der Waals surface area contributed by atoms with Crippen molar-refractivity contribution in [3.05, 3.63) is 58.5 Å². The molecule has 0 atom stereocenters. The summed E-state index contributed by atoms with van der Waals surface area (Å²) >= 11 is 6.37. The van der Waals surface area contributed by atoms with Crippen LogP contribution in [-0.4, -0.2) is 76.4 Å². The summed E-state index contributed by atoms with van der Waals surface area (Å²) in [6, 6.07) is 7.71. The van der Waals surface area contributed by atoms with Crippen molar-refractivity contribution in [2.24, 2.45) is 0 Å². The molecule has 192 valence electrons. The quantitative estimate of drug-likeness (QED) is 0.561. The number of carbonyl (C=O) groups excluding carboxylic acids is 3. The molecule has 4 heterocycles. The first-order chi connectivity index (χ1) is 17.6. The fourth-order valence-corrected chi connectivity index (χ4v) is 5.93. The lowest BCUT2D eigenvalue weighted by Crippen LogP contribution is -2.60. The Labute approximate surface area is 213 Å². The molecule has 1 N–H and O–H groups in total. The number of anilines is 1. The van der Waals surface area contributed by atoms with Gasteiger partial charge in [-0.1, -0.05) is 11.6 Å². The zero-order valence-electron chi connectivity index (χ0n) is 19.4. The SMILES string of the molecule is O=C(CN1C(=O)C2(CCN(C(=O)c3ccc4[nH]ncc4c3)CC2)c2c1ccc(F)c2Cl)N1CC(F)(F)C1. The number of H-pyrrole nitrogens is 1. The van der Waals surface area contributed by atoms with Crippen molar-refractivity contribution in [1.29, 1.82) is 0 Å². The molecule has 0 radical (unpaired) electrons. The van der Waals surface area contributed by atoms with Gasteiger partial charge in [-0.2, -0.15) is 5.10 Å². The van der Waals surface area contributed by atoms with E-state index in [1.807, 2.05) is 0 Å². The van der Waals surface area contributed by atoms with Crippen LogP contribution in [0.1, 0.15) is 28.8 Å². The van der Waals surface area contributed by atoms with Crippen molar-refractivity contribution in [2.75, 3.05) is 37.6 Å². The van der Waals surface area contributed by atoms with Gasteiger partial charge < -0.3 is 14.7 Å². The Hall–Kier alpha value is -3.60. The molecule has 3 amide bonds. The molecule has 1 spiro atoms. The average Bonchev–Trinajstić information content (AvgIpc) is 3.42. The molecule has 2 fully saturated rings. The molecular weight excluding hydrogens is 511 g/mol. The summed E-state index contributed by atoms with van der Waals surface area (Å²) in [5.41, 5.74) is 0.634. The molecule has 12 heteroatoms. The van der Waals surface area contributed by atoms with Crippen LogP contribution in [0.3, 0.4) is 0 Å². The van der Waals surface area contributed by atoms with Gasteiger partial charge >= 0.3 is 0 Å². The molecule has 0 aliphatic carbocycles. The van der Waals surface area contributed by atoms with Crippen LogP contribution in [0.25, 0.3) is 10.9 Å². The van der Waals surface area contributed by atoms with Crippen LogP contribution >= 0.6 is 11.6 Å². The number of hydrogen-bond acceptors (Lipinski definition) is 4. The summed E-state index contributed by atoms with van der Waals surface area (Å²) in [5, 5.41) is 7.38. The van der Waals surface area contributed by atoms with Crippen LogP contribution in [-0.2, 0) is 15.0 Å². The largest absolute Gasteiger partial charge is 0.339 e. The number of nitrogens with one attached hydrogen (secondary N) is 1. The van der Waals surface area contributed by atoms with Crippen molar-refractivity contribution < 1.29 is 27.6 Å². The number of fused-ring (bicyclic) bond motifs is 3. The molecule has 6 rings (SSSR count). The number of aromatic amines is 1. The van der Waals surface area contributed by atoms with Gasteiger partial charge in [0.05, 0.1) is 40.9 Å². The Morgan fingerprint density at radius 1 is 1.08 bits per heavy atom. The second-order valence-corrected chi connectivity index (χ2v) is 10.2. The van der Waals surface area contributed by atoms with Gasteiger partial charge in [-0.3, -0.25) is 19.5 Å². The third kappa shape index (κ3) is 3.66.